The van der Waals surface area contributed by atoms with Gasteiger partial charge in [-0.15, -0.1) is 0 Å². The largest absolute Gasteiger partial charge is 0.485 e. The highest BCUT2D eigenvalue weighted by atomic mass is 16.6. The summed E-state index contributed by atoms with van der Waals surface area (Å²) < 4.78 is 11.3. The highest BCUT2D eigenvalue weighted by Crippen LogP contribution is 2.31. The molecule has 2 amide bonds. The minimum atomic E-state index is -0.697. The van der Waals surface area contributed by atoms with Gasteiger partial charge in [-0.25, -0.2) is 0 Å². The topological polar surface area (TPSA) is 67.9 Å². The van der Waals surface area contributed by atoms with Crippen LogP contribution in [0.25, 0.3) is 0 Å². The lowest BCUT2D eigenvalue weighted by atomic mass is 10.1. The van der Waals surface area contributed by atoms with E-state index in [-0.39, 0.29) is 18.4 Å². The predicted molar refractivity (Wildman–Crippen MR) is 91.4 cm³/mol. The number of ether oxygens (including phenoxy) is 2. The van der Waals surface area contributed by atoms with E-state index in [4.69, 9.17) is 9.47 Å². The lowest BCUT2D eigenvalue weighted by Gasteiger charge is -2.25. The molecule has 0 radical (unpaired) electrons. The Bertz CT molecular complexity index is 849. The molecule has 0 saturated carbocycles. The second-order valence-electron chi connectivity index (χ2n) is 6.21. The summed E-state index contributed by atoms with van der Waals surface area (Å²) in [4.78, 5) is 25.7. The van der Waals surface area contributed by atoms with E-state index in [0.717, 1.165) is 11.1 Å². The Morgan fingerprint density at radius 1 is 1.08 bits per heavy atom. The fourth-order valence-electron chi connectivity index (χ4n) is 3.07. The van der Waals surface area contributed by atoms with Gasteiger partial charge in [-0.05, 0) is 35.4 Å². The Morgan fingerprint density at radius 2 is 1.84 bits per heavy atom. The van der Waals surface area contributed by atoms with Crippen molar-refractivity contribution < 1.29 is 19.1 Å². The summed E-state index contributed by atoms with van der Waals surface area (Å²) in [7, 11) is 0. The van der Waals surface area contributed by atoms with Crippen molar-refractivity contribution in [2.75, 3.05) is 11.9 Å². The van der Waals surface area contributed by atoms with Crippen LogP contribution in [0, 0.1) is 0 Å². The van der Waals surface area contributed by atoms with Gasteiger partial charge in [0.1, 0.15) is 6.61 Å². The van der Waals surface area contributed by atoms with Gasteiger partial charge in [0, 0.05) is 25.7 Å². The lowest BCUT2D eigenvalue weighted by molar-refractivity contribution is -0.129. The number of rotatable bonds is 2. The van der Waals surface area contributed by atoms with Gasteiger partial charge in [0.15, 0.2) is 11.5 Å². The van der Waals surface area contributed by atoms with Crippen LogP contribution in [0.2, 0.25) is 0 Å². The van der Waals surface area contributed by atoms with Crippen molar-refractivity contribution in [3.8, 4) is 11.5 Å². The van der Waals surface area contributed by atoms with Gasteiger partial charge < -0.3 is 19.7 Å². The average molecular weight is 338 g/mol. The Kier molecular flexibility index (Phi) is 3.80. The number of benzene rings is 2. The van der Waals surface area contributed by atoms with Crippen LogP contribution in [-0.2, 0) is 22.7 Å². The van der Waals surface area contributed by atoms with Gasteiger partial charge >= 0.3 is 0 Å². The average Bonchev–Trinajstić information content (AvgIpc) is 3.05. The van der Waals surface area contributed by atoms with Crippen LogP contribution < -0.4 is 14.8 Å². The number of anilines is 1. The first-order chi connectivity index (χ1) is 12.1. The molecule has 128 valence electrons. The van der Waals surface area contributed by atoms with E-state index in [0.29, 0.717) is 30.3 Å². The van der Waals surface area contributed by atoms with E-state index in [1.54, 1.807) is 17.9 Å². The summed E-state index contributed by atoms with van der Waals surface area (Å²) in [6.07, 6.45) is -0.697. The number of para-hydroxylation sites is 2. The standard InChI is InChI=1S/C19H18N2O4/c1-12(22)21-9-13-6-7-15(8-14(13)10-21)20-19(23)18-11-24-16-4-2-3-5-17(16)25-18/h2-8,18H,9-11H2,1H3,(H,20,23). The van der Waals surface area contributed by atoms with Crippen LogP contribution in [-0.4, -0.2) is 29.4 Å². The molecule has 0 aromatic heterocycles. The number of carbonyl (C=O) groups is 2. The highest BCUT2D eigenvalue weighted by molar-refractivity contribution is 5.95. The number of hydrogen-bond acceptors (Lipinski definition) is 4. The fourth-order valence-corrected chi connectivity index (χ4v) is 3.07. The summed E-state index contributed by atoms with van der Waals surface area (Å²) in [5.74, 6) is 1.01. The normalized spacial score (nSPS) is 17.8. The van der Waals surface area contributed by atoms with Crippen LogP contribution in [0.5, 0.6) is 11.5 Å². The summed E-state index contributed by atoms with van der Waals surface area (Å²) in [5, 5.41) is 2.87. The Morgan fingerprint density at radius 3 is 2.64 bits per heavy atom. The van der Waals surface area contributed by atoms with Gasteiger partial charge in [-0.3, -0.25) is 9.59 Å². The molecule has 0 bridgehead atoms. The van der Waals surface area contributed by atoms with Crippen molar-refractivity contribution in [2.24, 2.45) is 0 Å². The lowest BCUT2D eigenvalue weighted by Crippen LogP contribution is -2.40. The van der Waals surface area contributed by atoms with Gasteiger partial charge in [0.25, 0.3) is 5.91 Å². The van der Waals surface area contributed by atoms with E-state index in [1.165, 1.54) is 0 Å². The van der Waals surface area contributed by atoms with Crippen LogP contribution >= 0.6 is 0 Å². The Balaban J connectivity index is 1.44. The molecule has 0 fully saturated rings. The van der Waals surface area contributed by atoms with Crippen LogP contribution in [0.15, 0.2) is 42.5 Å². The van der Waals surface area contributed by atoms with E-state index < -0.39 is 6.10 Å². The molecule has 25 heavy (non-hydrogen) atoms. The Hall–Kier alpha value is -3.02. The van der Waals surface area contributed by atoms with Crippen molar-refractivity contribution in [1.82, 2.24) is 4.90 Å². The van der Waals surface area contributed by atoms with E-state index >= 15 is 0 Å². The third kappa shape index (κ3) is 3.03. The maximum atomic E-state index is 12.5. The van der Waals surface area contributed by atoms with Gasteiger partial charge in [-0.1, -0.05) is 18.2 Å². The van der Waals surface area contributed by atoms with E-state index in [9.17, 15) is 9.59 Å². The number of fused-ring (bicyclic) bond motifs is 2. The zero-order chi connectivity index (χ0) is 17.4. The smallest absolute Gasteiger partial charge is 0.269 e. The second kappa shape index (κ2) is 6.12. The second-order valence-corrected chi connectivity index (χ2v) is 6.21. The first kappa shape index (κ1) is 15.5. The number of nitrogens with zero attached hydrogens (tertiary/aromatic N) is 1. The number of hydrogen-bond donors (Lipinski definition) is 1. The summed E-state index contributed by atoms with van der Waals surface area (Å²) >= 11 is 0. The van der Waals surface area contributed by atoms with Crippen LogP contribution in [0.3, 0.4) is 0 Å². The zero-order valence-electron chi connectivity index (χ0n) is 13.8. The molecule has 1 atom stereocenters. The monoisotopic (exact) mass is 338 g/mol. The van der Waals surface area contributed by atoms with Crippen molar-refractivity contribution in [3.63, 3.8) is 0 Å². The molecule has 0 saturated heterocycles. The summed E-state index contributed by atoms with van der Waals surface area (Å²) in [6, 6.07) is 13.0. The molecule has 4 rings (SSSR count). The first-order valence-corrected chi connectivity index (χ1v) is 8.17. The predicted octanol–water partition coefficient (Wildman–Crippen LogP) is 2.33. The molecule has 1 N–H and O–H groups in total. The number of carbonyl (C=O) groups excluding carboxylic acids is 2. The molecule has 6 nitrogen and oxygen atoms in total. The summed E-state index contributed by atoms with van der Waals surface area (Å²) in [5.41, 5.74) is 2.86. The zero-order valence-corrected chi connectivity index (χ0v) is 13.8. The SMILES string of the molecule is CC(=O)N1Cc2ccc(NC(=O)C3COc4ccccc4O3)cc2C1. The van der Waals surface area contributed by atoms with Crippen molar-refractivity contribution in [3.05, 3.63) is 53.6 Å². The quantitative estimate of drug-likeness (QED) is 0.912. The maximum Gasteiger partial charge on any atom is 0.269 e. The molecule has 2 aromatic carbocycles. The molecule has 2 aliphatic heterocycles. The molecule has 0 spiro atoms. The minimum Gasteiger partial charge on any atom is -0.485 e. The molecule has 2 aromatic rings. The first-order valence-electron chi connectivity index (χ1n) is 8.17. The minimum absolute atomic E-state index is 0.0493. The molecule has 2 aliphatic rings. The van der Waals surface area contributed by atoms with Gasteiger partial charge in [0.2, 0.25) is 12.0 Å². The van der Waals surface area contributed by atoms with Crippen LogP contribution in [0.1, 0.15) is 18.1 Å². The molecule has 2 heterocycles. The molecular formula is C19H18N2O4. The molecule has 0 aliphatic carbocycles. The summed E-state index contributed by atoms with van der Waals surface area (Å²) in [6.45, 7) is 2.93. The third-order valence-electron chi connectivity index (χ3n) is 4.44. The number of amides is 2. The van der Waals surface area contributed by atoms with Crippen molar-refractivity contribution in [2.45, 2.75) is 26.1 Å². The Labute approximate surface area is 145 Å². The highest BCUT2D eigenvalue weighted by Gasteiger charge is 2.28. The van der Waals surface area contributed by atoms with Crippen LogP contribution in [0.4, 0.5) is 5.69 Å². The van der Waals surface area contributed by atoms with Crippen molar-refractivity contribution in [1.29, 1.82) is 0 Å². The third-order valence-corrected chi connectivity index (χ3v) is 4.44. The van der Waals surface area contributed by atoms with E-state index in [1.807, 2.05) is 36.4 Å². The molecule has 6 heteroatoms. The van der Waals surface area contributed by atoms with Crippen molar-refractivity contribution >= 4 is 17.5 Å². The van der Waals surface area contributed by atoms with Gasteiger partial charge in [0.05, 0.1) is 0 Å². The fraction of sp³-hybridized carbons (Fsp3) is 0.263. The maximum absolute atomic E-state index is 12.5. The number of nitrogens with one attached hydrogen (secondary N) is 1. The molecule has 1 unspecified atom stereocenters. The van der Waals surface area contributed by atoms with E-state index in [2.05, 4.69) is 5.32 Å². The molecular weight excluding hydrogens is 320 g/mol. The van der Waals surface area contributed by atoms with Gasteiger partial charge in [-0.2, -0.15) is 0 Å².